The van der Waals surface area contributed by atoms with Crippen LogP contribution in [0.3, 0.4) is 0 Å². The molecule has 19 heteroatoms. The van der Waals surface area contributed by atoms with Gasteiger partial charge in [0.2, 0.25) is 0 Å². The van der Waals surface area contributed by atoms with Crippen molar-refractivity contribution in [2.45, 2.75) is 174 Å². The van der Waals surface area contributed by atoms with Crippen molar-refractivity contribution in [1.29, 1.82) is 0 Å². The molecule has 2 aliphatic heterocycles. The first-order valence-corrected chi connectivity index (χ1v) is 19.0. The molecule has 0 amide bonds. The zero-order valence-corrected chi connectivity index (χ0v) is 29.7. The van der Waals surface area contributed by atoms with Crippen molar-refractivity contribution in [1.82, 2.24) is 0 Å². The molecule has 2 heterocycles. The van der Waals surface area contributed by atoms with Crippen LogP contribution in [0.5, 0.6) is 0 Å². The summed E-state index contributed by atoms with van der Waals surface area (Å²) in [7, 11) is 0. The fraction of sp³-hybridized carbons (Fsp3) is 0.943. The summed E-state index contributed by atoms with van der Waals surface area (Å²) < 4.78 is 30.6. The summed E-state index contributed by atoms with van der Waals surface area (Å²) >= 11 is 0. The number of hydrogen-bond acceptors (Lipinski definition) is 19. The maximum atomic E-state index is 13.7. The van der Waals surface area contributed by atoms with Crippen molar-refractivity contribution in [3.63, 3.8) is 0 Å². The summed E-state index contributed by atoms with van der Waals surface area (Å²) in [5, 5.41) is 125. The van der Waals surface area contributed by atoms with Crippen LogP contribution in [0.4, 0.5) is 0 Å². The largest absolute Gasteiger partial charge is 0.455 e. The number of aliphatic hydroxyl groups excluding tert-OH is 12. The number of rotatable bonds is 8. The first-order valence-electron chi connectivity index (χ1n) is 19.0. The molecule has 18 unspecified atom stereocenters. The van der Waals surface area contributed by atoms with Gasteiger partial charge in [0.25, 0.3) is 0 Å². The van der Waals surface area contributed by atoms with Crippen LogP contribution < -0.4 is 0 Å². The molecule has 6 fully saturated rings. The predicted molar refractivity (Wildman–Crippen MR) is 175 cm³/mol. The number of carbonyl (C=O) groups excluding carboxylic acids is 2. The molecule has 0 bridgehead atoms. The number of fused-ring (bicyclic) bond motifs is 1. The van der Waals surface area contributed by atoms with Crippen LogP contribution in [-0.4, -0.2) is 190 Å². The second-order valence-electron chi connectivity index (χ2n) is 16.2. The van der Waals surface area contributed by atoms with Gasteiger partial charge in [-0.15, -0.1) is 0 Å². The van der Waals surface area contributed by atoms with Gasteiger partial charge in [-0.25, -0.2) is 0 Å². The highest BCUT2D eigenvalue weighted by atomic mass is 16.7. The lowest BCUT2D eigenvalue weighted by atomic mass is 9.72. The van der Waals surface area contributed by atoms with E-state index in [1.807, 2.05) is 0 Å². The molecule has 6 rings (SSSR count). The summed E-state index contributed by atoms with van der Waals surface area (Å²) in [6.07, 6.45) is -24.0. The van der Waals surface area contributed by atoms with Crippen molar-refractivity contribution >= 4 is 11.9 Å². The molecule has 0 aromatic carbocycles. The van der Waals surface area contributed by atoms with Gasteiger partial charge in [-0.1, -0.05) is 0 Å². The molecule has 0 spiro atoms. The Labute approximate surface area is 311 Å². The molecule has 19 nitrogen and oxygen atoms in total. The maximum Gasteiger partial charge on any atom is 0.309 e. The molecule has 6 aliphatic rings. The van der Waals surface area contributed by atoms with Gasteiger partial charge in [0, 0.05) is 5.92 Å². The van der Waals surface area contributed by atoms with E-state index in [2.05, 4.69) is 0 Å². The third kappa shape index (κ3) is 8.90. The van der Waals surface area contributed by atoms with E-state index in [0.29, 0.717) is 6.42 Å². The standard InChI is InChI=1S/C35H56O19/c36-11-26-29(47)31(53-33(48)13-4-20(41)27(45)21(42)5-13)32(54-34(49)14-6-22(43)28(46)23(44)7-14)35(52-26)51-25-10-16-18(39)8-15(37)9-24(16)50-30(25)12-1-2-17(38)19(40)3-12/h12-32,35-47H,1-11H2. The highest BCUT2D eigenvalue weighted by Gasteiger charge is 2.55. The molecule has 0 aromatic heterocycles. The molecule has 0 aromatic rings. The van der Waals surface area contributed by atoms with Crippen LogP contribution in [0.15, 0.2) is 0 Å². The highest BCUT2D eigenvalue weighted by molar-refractivity contribution is 5.74. The monoisotopic (exact) mass is 780 g/mol. The smallest absolute Gasteiger partial charge is 0.309 e. The number of esters is 2. The van der Waals surface area contributed by atoms with E-state index in [1.54, 1.807) is 0 Å². The molecule has 310 valence electrons. The van der Waals surface area contributed by atoms with E-state index < -0.39 is 152 Å². The van der Waals surface area contributed by atoms with Gasteiger partial charge in [0.1, 0.15) is 24.4 Å². The lowest BCUT2D eigenvalue weighted by Gasteiger charge is -2.51. The summed E-state index contributed by atoms with van der Waals surface area (Å²) in [6, 6.07) is 0. The lowest BCUT2D eigenvalue weighted by molar-refractivity contribution is -0.336. The molecule has 4 aliphatic carbocycles. The van der Waals surface area contributed by atoms with Crippen LogP contribution in [0.25, 0.3) is 0 Å². The van der Waals surface area contributed by atoms with Gasteiger partial charge in [-0.3, -0.25) is 9.59 Å². The normalized spacial score (nSPS) is 51.5. The molecular formula is C35H56O19. The topological polar surface area (TPSA) is 323 Å². The maximum absolute atomic E-state index is 13.7. The zero-order valence-electron chi connectivity index (χ0n) is 29.7. The summed E-state index contributed by atoms with van der Waals surface area (Å²) in [5.41, 5.74) is 0. The van der Waals surface area contributed by atoms with Gasteiger partial charge >= 0.3 is 11.9 Å². The average molecular weight is 781 g/mol. The van der Waals surface area contributed by atoms with E-state index in [9.17, 15) is 70.9 Å². The Morgan fingerprint density at radius 1 is 0.556 bits per heavy atom. The van der Waals surface area contributed by atoms with Crippen LogP contribution >= 0.6 is 0 Å². The predicted octanol–water partition coefficient (Wildman–Crippen LogP) is -4.93. The third-order valence-electron chi connectivity index (χ3n) is 12.4. The average Bonchev–Trinajstić information content (AvgIpc) is 3.12. The second-order valence-corrected chi connectivity index (χ2v) is 16.2. The second kappa shape index (κ2) is 17.5. The van der Waals surface area contributed by atoms with Crippen molar-refractivity contribution in [3.8, 4) is 0 Å². The van der Waals surface area contributed by atoms with E-state index in [0.717, 1.165) is 0 Å². The SMILES string of the molecule is O=C(OC1C(OC2CC3C(O)CC(O)CC3OC2C2CCC(O)C(O)C2)OC(CO)C(O)C1OC(=O)C1CC(O)C(O)C(O)C1)C1CC(O)C(O)C(O)C1. The fourth-order valence-corrected chi connectivity index (χ4v) is 9.26. The number of aliphatic hydroxyl groups is 12. The van der Waals surface area contributed by atoms with Crippen molar-refractivity contribution in [2.24, 2.45) is 23.7 Å². The minimum absolute atomic E-state index is 0.0720. The molecular weight excluding hydrogens is 724 g/mol. The van der Waals surface area contributed by atoms with Gasteiger partial charge in [0.15, 0.2) is 18.5 Å². The number of carbonyl (C=O) groups is 2. The fourth-order valence-electron chi connectivity index (χ4n) is 9.26. The molecule has 2 saturated heterocycles. The zero-order chi connectivity index (χ0) is 39.2. The Morgan fingerprint density at radius 2 is 1.11 bits per heavy atom. The highest BCUT2D eigenvalue weighted by Crippen LogP contribution is 2.44. The van der Waals surface area contributed by atoms with Crippen molar-refractivity contribution in [3.05, 3.63) is 0 Å². The van der Waals surface area contributed by atoms with Gasteiger partial charge in [-0.05, 0) is 70.1 Å². The van der Waals surface area contributed by atoms with Crippen LogP contribution in [0.2, 0.25) is 0 Å². The van der Waals surface area contributed by atoms with Gasteiger partial charge in [-0.2, -0.15) is 0 Å². The van der Waals surface area contributed by atoms with E-state index >= 15 is 0 Å². The lowest BCUT2D eigenvalue weighted by Crippen LogP contribution is -2.64. The molecule has 0 radical (unpaired) electrons. The first kappa shape index (κ1) is 42.0. The minimum atomic E-state index is -1.84. The first-order chi connectivity index (χ1) is 25.6. The Morgan fingerprint density at radius 3 is 1.65 bits per heavy atom. The quantitative estimate of drug-likeness (QED) is 0.103. The molecule has 18 atom stereocenters. The number of ether oxygens (including phenoxy) is 5. The van der Waals surface area contributed by atoms with Crippen molar-refractivity contribution < 1.29 is 94.6 Å². The Bertz CT molecular complexity index is 1250. The Kier molecular flexibility index (Phi) is 13.6. The van der Waals surface area contributed by atoms with E-state index in [1.165, 1.54) is 0 Å². The molecule has 54 heavy (non-hydrogen) atoms. The Hall–Kier alpha value is -1.66. The Balaban J connectivity index is 1.31. The molecule has 12 N–H and O–H groups in total. The third-order valence-corrected chi connectivity index (χ3v) is 12.4. The summed E-state index contributed by atoms with van der Waals surface area (Å²) in [4.78, 5) is 27.3. The number of hydrogen-bond donors (Lipinski definition) is 12. The van der Waals surface area contributed by atoms with Crippen LogP contribution in [0.1, 0.15) is 64.2 Å². The van der Waals surface area contributed by atoms with E-state index in [-0.39, 0.29) is 57.8 Å². The van der Waals surface area contributed by atoms with Crippen molar-refractivity contribution in [2.75, 3.05) is 6.61 Å². The summed E-state index contributed by atoms with van der Waals surface area (Å²) in [5.74, 6) is -5.39. The van der Waals surface area contributed by atoms with Crippen LogP contribution in [0, 0.1) is 23.7 Å². The molecule has 4 saturated carbocycles. The van der Waals surface area contributed by atoms with E-state index in [4.69, 9.17) is 23.7 Å². The van der Waals surface area contributed by atoms with Crippen LogP contribution in [-0.2, 0) is 33.3 Å². The van der Waals surface area contributed by atoms with Gasteiger partial charge in [0.05, 0.1) is 85.6 Å². The van der Waals surface area contributed by atoms with Gasteiger partial charge < -0.3 is 85.0 Å². The summed E-state index contributed by atoms with van der Waals surface area (Å²) in [6.45, 7) is -0.833. The minimum Gasteiger partial charge on any atom is -0.455 e.